The number of nitrogens with zero attached hydrogens (tertiary/aromatic N) is 4. The molecule has 0 aromatic carbocycles. The summed E-state index contributed by atoms with van der Waals surface area (Å²) in [6, 6.07) is 7.43. The number of aromatic nitrogens is 2. The van der Waals surface area contributed by atoms with E-state index in [1.807, 2.05) is 21.9 Å². The second-order valence-corrected chi connectivity index (χ2v) is 7.19. The summed E-state index contributed by atoms with van der Waals surface area (Å²) in [5.41, 5.74) is 1.19. The van der Waals surface area contributed by atoms with Gasteiger partial charge in [0.15, 0.2) is 0 Å². The van der Waals surface area contributed by atoms with Crippen molar-refractivity contribution in [3.63, 3.8) is 0 Å². The fraction of sp³-hybridized carbons (Fsp3) is 0.400. The standard InChI is InChI=1S/C20H22N4O2/c25-18(17-5-2-9-22-13-17)24-10-3-6-20(15-24)7-11-23(19(20)26)14-16-4-1-8-21-12-16/h1-2,4-5,8-9,12-13H,3,6-7,10-11,14-15H2. The molecule has 26 heavy (non-hydrogen) atoms. The van der Waals surface area contributed by atoms with E-state index in [1.165, 1.54) is 0 Å². The van der Waals surface area contributed by atoms with E-state index in [4.69, 9.17) is 0 Å². The Morgan fingerprint density at radius 2 is 1.88 bits per heavy atom. The molecular formula is C20H22N4O2. The number of piperidine rings is 1. The van der Waals surface area contributed by atoms with Gasteiger partial charge in [-0.05, 0) is 43.0 Å². The molecule has 2 amide bonds. The zero-order chi connectivity index (χ0) is 18.0. The van der Waals surface area contributed by atoms with E-state index in [-0.39, 0.29) is 11.8 Å². The van der Waals surface area contributed by atoms with E-state index in [2.05, 4.69) is 9.97 Å². The van der Waals surface area contributed by atoms with Crippen LogP contribution in [0.2, 0.25) is 0 Å². The van der Waals surface area contributed by atoms with E-state index >= 15 is 0 Å². The molecule has 0 saturated carbocycles. The molecule has 6 heteroatoms. The summed E-state index contributed by atoms with van der Waals surface area (Å²) in [6.07, 6.45) is 9.31. The lowest BCUT2D eigenvalue weighted by molar-refractivity contribution is -0.138. The molecule has 0 N–H and O–H groups in total. The highest BCUT2D eigenvalue weighted by molar-refractivity contribution is 5.95. The predicted molar refractivity (Wildman–Crippen MR) is 96.1 cm³/mol. The van der Waals surface area contributed by atoms with Crippen molar-refractivity contribution in [2.45, 2.75) is 25.8 Å². The maximum Gasteiger partial charge on any atom is 0.255 e. The number of carbonyl (C=O) groups is 2. The van der Waals surface area contributed by atoms with Gasteiger partial charge in [-0.15, -0.1) is 0 Å². The van der Waals surface area contributed by atoms with Gasteiger partial charge >= 0.3 is 0 Å². The average Bonchev–Trinajstić information content (AvgIpc) is 2.98. The minimum atomic E-state index is -0.432. The molecular weight excluding hydrogens is 328 g/mol. The molecule has 4 heterocycles. The van der Waals surface area contributed by atoms with Crippen LogP contribution in [0, 0.1) is 5.41 Å². The third-order valence-corrected chi connectivity index (χ3v) is 5.47. The van der Waals surface area contributed by atoms with E-state index in [9.17, 15) is 9.59 Å². The smallest absolute Gasteiger partial charge is 0.255 e. The van der Waals surface area contributed by atoms with Crippen molar-refractivity contribution in [1.82, 2.24) is 19.8 Å². The largest absolute Gasteiger partial charge is 0.338 e. The normalized spacial score (nSPS) is 22.8. The molecule has 2 aromatic rings. The number of pyridine rings is 2. The highest BCUT2D eigenvalue weighted by atomic mass is 16.2. The molecule has 6 nitrogen and oxygen atoms in total. The van der Waals surface area contributed by atoms with Crippen LogP contribution in [0.5, 0.6) is 0 Å². The van der Waals surface area contributed by atoms with Gasteiger partial charge in [0, 0.05) is 51.0 Å². The fourth-order valence-corrected chi connectivity index (χ4v) is 4.11. The molecule has 2 aliphatic rings. The lowest BCUT2D eigenvalue weighted by atomic mass is 9.78. The number of rotatable bonds is 3. The zero-order valence-corrected chi connectivity index (χ0v) is 14.7. The first-order valence-electron chi connectivity index (χ1n) is 9.06. The SMILES string of the molecule is O=C(c1cccnc1)N1CCCC2(CCN(Cc3cccnc3)C2=O)C1. The van der Waals surface area contributed by atoms with Crippen molar-refractivity contribution in [1.29, 1.82) is 0 Å². The van der Waals surface area contributed by atoms with Gasteiger partial charge in [0.1, 0.15) is 0 Å². The minimum absolute atomic E-state index is 0.0318. The second kappa shape index (κ2) is 6.86. The topological polar surface area (TPSA) is 66.4 Å². The van der Waals surface area contributed by atoms with Crippen LogP contribution in [0.25, 0.3) is 0 Å². The molecule has 2 aliphatic heterocycles. The van der Waals surface area contributed by atoms with Crippen LogP contribution < -0.4 is 0 Å². The average molecular weight is 350 g/mol. The van der Waals surface area contributed by atoms with Gasteiger partial charge in [-0.1, -0.05) is 6.07 Å². The lowest BCUT2D eigenvalue weighted by Crippen LogP contribution is -2.49. The highest BCUT2D eigenvalue weighted by Gasteiger charge is 2.49. The number of hydrogen-bond donors (Lipinski definition) is 0. The van der Waals surface area contributed by atoms with Crippen molar-refractivity contribution in [3.05, 3.63) is 60.2 Å². The van der Waals surface area contributed by atoms with Gasteiger partial charge in [0.05, 0.1) is 11.0 Å². The predicted octanol–water partition coefficient (Wildman–Crippen LogP) is 2.13. The summed E-state index contributed by atoms with van der Waals surface area (Å²) >= 11 is 0. The Labute approximate surface area is 152 Å². The van der Waals surface area contributed by atoms with Gasteiger partial charge in [0.25, 0.3) is 5.91 Å². The van der Waals surface area contributed by atoms with Crippen molar-refractivity contribution >= 4 is 11.8 Å². The molecule has 1 atom stereocenters. The Morgan fingerprint density at radius 3 is 2.62 bits per heavy atom. The number of carbonyl (C=O) groups excluding carboxylic acids is 2. The van der Waals surface area contributed by atoms with Gasteiger partial charge in [0.2, 0.25) is 5.91 Å². The summed E-state index contributed by atoms with van der Waals surface area (Å²) in [7, 11) is 0. The van der Waals surface area contributed by atoms with Gasteiger partial charge in [-0.3, -0.25) is 19.6 Å². The second-order valence-electron chi connectivity index (χ2n) is 7.19. The van der Waals surface area contributed by atoms with E-state index in [1.54, 1.807) is 36.9 Å². The van der Waals surface area contributed by atoms with Gasteiger partial charge < -0.3 is 9.80 Å². The monoisotopic (exact) mass is 350 g/mol. The third-order valence-electron chi connectivity index (χ3n) is 5.47. The van der Waals surface area contributed by atoms with Crippen LogP contribution in [0.4, 0.5) is 0 Å². The first-order chi connectivity index (χ1) is 12.7. The Kier molecular flexibility index (Phi) is 4.41. The van der Waals surface area contributed by atoms with Crippen LogP contribution in [0.1, 0.15) is 35.2 Å². The van der Waals surface area contributed by atoms with Crippen molar-refractivity contribution in [3.8, 4) is 0 Å². The maximum atomic E-state index is 13.1. The summed E-state index contributed by atoms with van der Waals surface area (Å²) in [5, 5.41) is 0. The first-order valence-corrected chi connectivity index (χ1v) is 9.06. The molecule has 0 radical (unpaired) electrons. The molecule has 4 rings (SSSR count). The van der Waals surface area contributed by atoms with Gasteiger partial charge in [-0.25, -0.2) is 0 Å². The van der Waals surface area contributed by atoms with Crippen molar-refractivity contribution in [2.24, 2.45) is 5.41 Å². The summed E-state index contributed by atoms with van der Waals surface area (Å²) in [4.78, 5) is 37.8. The quantitative estimate of drug-likeness (QED) is 0.851. The Hall–Kier alpha value is -2.76. The molecule has 2 fully saturated rings. The van der Waals surface area contributed by atoms with Crippen LogP contribution in [-0.4, -0.2) is 51.2 Å². The van der Waals surface area contributed by atoms with E-state index in [0.717, 1.165) is 31.4 Å². The highest BCUT2D eigenvalue weighted by Crippen LogP contribution is 2.41. The Morgan fingerprint density at radius 1 is 1.08 bits per heavy atom. The molecule has 1 spiro atoms. The van der Waals surface area contributed by atoms with Crippen LogP contribution in [-0.2, 0) is 11.3 Å². The molecule has 1 unspecified atom stereocenters. The van der Waals surface area contributed by atoms with Crippen LogP contribution >= 0.6 is 0 Å². The first kappa shape index (κ1) is 16.7. The van der Waals surface area contributed by atoms with Crippen molar-refractivity contribution in [2.75, 3.05) is 19.6 Å². The molecule has 0 aliphatic carbocycles. The van der Waals surface area contributed by atoms with E-state index < -0.39 is 5.41 Å². The molecule has 134 valence electrons. The fourth-order valence-electron chi connectivity index (χ4n) is 4.11. The lowest BCUT2D eigenvalue weighted by Gasteiger charge is -2.39. The third kappa shape index (κ3) is 3.07. The summed E-state index contributed by atoms with van der Waals surface area (Å²) < 4.78 is 0. The molecule has 0 bridgehead atoms. The minimum Gasteiger partial charge on any atom is -0.338 e. The summed E-state index contributed by atoms with van der Waals surface area (Å²) in [5.74, 6) is 0.140. The Bertz CT molecular complexity index is 796. The Balaban J connectivity index is 1.48. The van der Waals surface area contributed by atoms with Crippen LogP contribution in [0.15, 0.2) is 49.1 Å². The number of amides is 2. The maximum absolute atomic E-state index is 13.1. The molecule has 2 saturated heterocycles. The number of likely N-dealkylation sites (tertiary alicyclic amines) is 2. The summed E-state index contributed by atoms with van der Waals surface area (Å²) in [6.45, 7) is 2.53. The molecule has 2 aromatic heterocycles. The zero-order valence-electron chi connectivity index (χ0n) is 14.7. The van der Waals surface area contributed by atoms with Gasteiger partial charge in [-0.2, -0.15) is 0 Å². The number of hydrogen-bond acceptors (Lipinski definition) is 4. The van der Waals surface area contributed by atoms with Crippen molar-refractivity contribution < 1.29 is 9.59 Å². The van der Waals surface area contributed by atoms with E-state index in [0.29, 0.717) is 25.2 Å². The van der Waals surface area contributed by atoms with Crippen LogP contribution in [0.3, 0.4) is 0 Å².